The lowest BCUT2D eigenvalue weighted by Crippen LogP contribution is -2.36. The summed E-state index contributed by atoms with van der Waals surface area (Å²) in [7, 11) is 0. The molecule has 13 heteroatoms. The van der Waals surface area contributed by atoms with Crippen molar-refractivity contribution in [2.24, 2.45) is 0 Å². The summed E-state index contributed by atoms with van der Waals surface area (Å²) in [4.78, 5) is 27.9. The van der Waals surface area contributed by atoms with Crippen LogP contribution in [0.4, 0.5) is 41.0 Å². The average molecular weight is 567 g/mol. The second-order valence-electron chi connectivity index (χ2n) is 9.31. The molecule has 1 aliphatic rings. The van der Waals surface area contributed by atoms with Crippen LogP contribution in [0.5, 0.6) is 0 Å². The van der Waals surface area contributed by atoms with Crippen LogP contribution >= 0.6 is 0 Å². The van der Waals surface area contributed by atoms with Crippen LogP contribution in [0, 0.1) is 0 Å². The van der Waals surface area contributed by atoms with Gasteiger partial charge >= 0.3 is 12.2 Å². The number of aromatic nitrogens is 4. The topological polar surface area (TPSA) is 109 Å². The van der Waals surface area contributed by atoms with Gasteiger partial charge in [0.2, 0.25) is 5.95 Å². The standard InChI is InChI=1S/C28H29F3N8O2/c1-2-7-33-26-34-8-6-24(37-26)39-10-9-32-25(39)19-4-3-5-21(15-19)35-27(40)36-22-16-20(28(29,30)31)17-23(18-22)38-11-13-41-14-12-38/h3-6,8-10,15-18H,2,7,11-14H2,1H3,(H,33,34,37)(H2,35,36,40). The molecule has 214 valence electrons. The van der Waals surface area contributed by atoms with Crippen molar-refractivity contribution in [3.8, 4) is 17.2 Å². The third-order valence-corrected chi connectivity index (χ3v) is 6.32. The number of benzene rings is 2. The summed E-state index contributed by atoms with van der Waals surface area (Å²) in [5.41, 5.74) is 0.682. The third-order valence-electron chi connectivity index (χ3n) is 6.32. The number of anilines is 4. The summed E-state index contributed by atoms with van der Waals surface area (Å²) in [6.45, 7) is 4.55. The van der Waals surface area contributed by atoms with E-state index < -0.39 is 17.8 Å². The van der Waals surface area contributed by atoms with Crippen LogP contribution in [0.1, 0.15) is 18.9 Å². The zero-order valence-electron chi connectivity index (χ0n) is 22.3. The minimum atomic E-state index is -4.57. The maximum atomic E-state index is 13.6. The molecule has 3 heterocycles. The summed E-state index contributed by atoms with van der Waals surface area (Å²) in [6, 6.07) is 11.6. The number of halogens is 3. The van der Waals surface area contributed by atoms with Gasteiger partial charge in [-0.3, -0.25) is 4.57 Å². The molecule has 0 bridgehead atoms. The number of morpholine rings is 1. The van der Waals surface area contributed by atoms with E-state index in [9.17, 15) is 18.0 Å². The maximum Gasteiger partial charge on any atom is 0.416 e. The fourth-order valence-corrected chi connectivity index (χ4v) is 4.39. The highest BCUT2D eigenvalue weighted by molar-refractivity contribution is 6.00. The van der Waals surface area contributed by atoms with E-state index in [1.54, 1.807) is 52.3 Å². The molecule has 4 aromatic rings. The van der Waals surface area contributed by atoms with Crippen LogP contribution in [-0.2, 0) is 10.9 Å². The molecule has 0 unspecified atom stereocenters. The van der Waals surface area contributed by atoms with Gasteiger partial charge in [-0.2, -0.15) is 18.2 Å². The molecule has 1 fully saturated rings. The molecule has 0 atom stereocenters. The molecule has 2 aromatic heterocycles. The van der Waals surface area contributed by atoms with Crippen LogP contribution in [0.2, 0.25) is 0 Å². The Balaban J connectivity index is 1.34. The molecule has 0 aliphatic carbocycles. The first-order valence-corrected chi connectivity index (χ1v) is 13.1. The molecule has 0 saturated carbocycles. The van der Waals surface area contributed by atoms with Crippen LogP contribution in [0.15, 0.2) is 67.1 Å². The molecule has 3 N–H and O–H groups in total. The first-order chi connectivity index (χ1) is 19.8. The molecule has 1 aliphatic heterocycles. The SMILES string of the molecule is CCCNc1nccc(-n2ccnc2-c2cccc(NC(=O)Nc3cc(N4CCOCC4)cc(C(F)(F)F)c3)c2)n1. The fourth-order valence-electron chi connectivity index (χ4n) is 4.39. The normalized spacial score (nSPS) is 13.6. The summed E-state index contributed by atoms with van der Waals surface area (Å²) >= 11 is 0. The number of hydrogen-bond acceptors (Lipinski definition) is 7. The van der Waals surface area contributed by atoms with Crippen LogP contribution in [-0.4, -0.2) is 58.4 Å². The van der Waals surface area contributed by atoms with Gasteiger partial charge in [-0.05, 0) is 42.8 Å². The lowest BCUT2D eigenvalue weighted by molar-refractivity contribution is -0.137. The number of nitrogens with one attached hydrogen (secondary N) is 3. The van der Waals surface area contributed by atoms with Gasteiger partial charge < -0.3 is 25.6 Å². The number of hydrogen-bond donors (Lipinski definition) is 3. The quantitative estimate of drug-likeness (QED) is 0.253. The van der Waals surface area contributed by atoms with Gasteiger partial charge in [0.1, 0.15) is 11.6 Å². The highest BCUT2D eigenvalue weighted by Gasteiger charge is 2.32. The highest BCUT2D eigenvalue weighted by atomic mass is 19.4. The molecule has 0 radical (unpaired) electrons. The molecule has 41 heavy (non-hydrogen) atoms. The fraction of sp³-hybridized carbons (Fsp3) is 0.286. The van der Waals surface area contributed by atoms with E-state index in [1.807, 2.05) is 6.07 Å². The van der Waals surface area contributed by atoms with Crippen molar-refractivity contribution in [1.82, 2.24) is 19.5 Å². The lowest BCUT2D eigenvalue weighted by atomic mass is 10.1. The maximum absolute atomic E-state index is 13.6. The summed E-state index contributed by atoms with van der Waals surface area (Å²) < 4.78 is 48.0. The van der Waals surface area contributed by atoms with Crippen LogP contribution in [0.25, 0.3) is 17.2 Å². The van der Waals surface area contributed by atoms with Gasteiger partial charge in [-0.15, -0.1) is 0 Å². The second kappa shape index (κ2) is 12.3. The lowest BCUT2D eigenvalue weighted by Gasteiger charge is -2.29. The Hall–Kier alpha value is -4.65. The Morgan fingerprint density at radius 3 is 2.59 bits per heavy atom. The Bertz CT molecular complexity index is 1500. The van der Waals surface area contributed by atoms with E-state index in [1.165, 1.54) is 6.07 Å². The van der Waals surface area contributed by atoms with Crippen molar-refractivity contribution in [3.05, 3.63) is 72.7 Å². The number of rotatable bonds is 8. The minimum absolute atomic E-state index is 0.0294. The predicted octanol–water partition coefficient (Wildman–Crippen LogP) is 5.65. The first kappa shape index (κ1) is 27.9. The zero-order chi connectivity index (χ0) is 28.8. The average Bonchev–Trinajstić information content (AvgIpc) is 3.46. The Morgan fingerprint density at radius 1 is 1.00 bits per heavy atom. The molecular weight excluding hydrogens is 537 g/mol. The van der Waals surface area contributed by atoms with Gasteiger partial charge in [0, 0.05) is 60.9 Å². The van der Waals surface area contributed by atoms with E-state index in [-0.39, 0.29) is 5.69 Å². The second-order valence-corrected chi connectivity index (χ2v) is 9.31. The number of alkyl halides is 3. The van der Waals surface area contributed by atoms with Crippen molar-refractivity contribution >= 4 is 29.0 Å². The van der Waals surface area contributed by atoms with Gasteiger partial charge in [0.15, 0.2) is 0 Å². The van der Waals surface area contributed by atoms with E-state index in [2.05, 4.69) is 37.8 Å². The summed E-state index contributed by atoms with van der Waals surface area (Å²) in [5.74, 6) is 1.70. The number of carbonyl (C=O) groups excluding carboxylic acids is 1. The molecule has 5 rings (SSSR count). The predicted molar refractivity (Wildman–Crippen MR) is 150 cm³/mol. The third kappa shape index (κ3) is 6.92. The van der Waals surface area contributed by atoms with Crippen molar-refractivity contribution in [2.75, 3.05) is 53.7 Å². The van der Waals surface area contributed by atoms with Crippen molar-refractivity contribution in [3.63, 3.8) is 0 Å². The van der Waals surface area contributed by atoms with E-state index in [4.69, 9.17) is 4.74 Å². The minimum Gasteiger partial charge on any atom is -0.378 e. The molecule has 10 nitrogen and oxygen atoms in total. The number of urea groups is 1. The first-order valence-electron chi connectivity index (χ1n) is 13.1. The van der Waals surface area contributed by atoms with E-state index >= 15 is 0 Å². The zero-order valence-corrected chi connectivity index (χ0v) is 22.3. The van der Waals surface area contributed by atoms with Crippen LogP contribution in [0.3, 0.4) is 0 Å². The number of imidazole rings is 1. The Kier molecular flexibility index (Phi) is 8.34. The highest BCUT2D eigenvalue weighted by Crippen LogP contribution is 2.35. The monoisotopic (exact) mass is 566 g/mol. The van der Waals surface area contributed by atoms with Gasteiger partial charge in [0.05, 0.1) is 18.8 Å². The number of ether oxygens (including phenoxy) is 1. The molecule has 2 aromatic carbocycles. The summed E-state index contributed by atoms with van der Waals surface area (Å²) in [6.07, 6.45) is 1.43. The largest absolute Gasteiger partial charge is 0.416 e. The summed E-state index contributed by atoms with van der Waals surface area (Å²) in [5, 5.41) is 8.41. The van der Waals surface area contributed by atoms with Crippen molar-refractivity contribution in [1.29, 1.82) is 0 Å². The smallest absolute Gasteiger partial charge is 0.378 e. The van der Waals surface area contributed by atoms with Gasteiger partial charge in [-0.1, -0.05) is 19.1 Å². The van der Waals surface area contributed by atoms with Crippen molar-refractivity contribution in [2.45, 2.75) is 19.5 Å². The molecule has 2 amide bonds. The van der Waals surface area contributed by atoms with Gasteiger partial charge in [-0.25, -0.2) is 14.8 Å². The van der Waals surface area contributed by atoms with Crippen LogP contribution < -0.4 is 20.9 Å². The molecule has 1 saturated heterocycles. The number of amides is 2. The Labute approximate surface area is 234 Å². The van der Waals surface area contributed by atoms with Crippen molar-refractivity contribution < 1.29 is 22.7 Å². The number of carbonyl (C=O) groups is 1. The van der Waals surface area contributed by atoms with Gasteiger partial charge in [0.25, 0.3) is 0 Å². The van der Waals surface area contributed by atoms with E-state index in [0.717, 1.165) is 25.1 Å². The van der Waals surface area contributed by atoms with E-state index in [0.29, 0.717) is 60.8 Å². The molecular formula is C28H29F3N8O2. The molecule has 0 spiro atoms. The number of nitrogens with zero attached hydrogens (tertiary/aromatic N) is 5. The Morgan fingerprint density at radius 2 is 1.80 bits per heavy atom.